The topological polar surface area (TPSA) is 67.4 Å². The monoisotopic (exact) mass is 368 g/mol. The van der Waals surface area contributed by atoms with Crippen LogP contribution in [0.15, 0.2) is 48.5 Å². The first-order valence-corrected chi connectivity index (χ1v) is 9.44. The number of benzene rings is 2. The van der Waals surface area contributed by atoms with Gasteiger partial charge in [-0.25, -0.2) is 0 Å². The first-order chi connectivity index (χ1) is 13.1. The van der Waals surface area contributed by atoms with Crippen LogP contribution in [0, 0.1) is 5.92 Å². The fourth-order valence-corrected chi connectivity index (χ4v) is 2.87. The Labute approximate surface area is 161 Å². The highest BCUT2D eigenvalue weighted by Gasteiger charge is 2.19. The molecular formula is C22H28N2O3. The quantitative estimate of drug-likeness (QED) is 0.647. The molecule has 2 rings (SSSR count). The van der Waals surface area contributed by atoms with Gasteiger partial charge in [0.05, 0.1) is 18.4 Å². The van der Waals surface area contributed by atoms with E-state index < -0.39 is 0 Å². The van der Waals surface area contributed by atoms with Gasteiger partial charge < -0.3 is 15.4 Å². The molecule has 0 aliphatic carbocycles. The standard InChI is InChI=1S/C22H28N2O3/c1-4-6-9-16(5-2)21(25)24-20-11-8-7-10-19(20)22(26)23-17-12-14-18(27-3)15-13-17/h7-8,10-16H,4-6,9H2,1-3H3,(H,23,26)(H,24,25)/t16-/m0/s1. The van der Waals surface area contributed by atoms with E-state index in [2.05, 4.69) is 17.6 Å². The van der Waals surface area contributed by atoms with Gasteiger partial charge in [-0.05, 0) is 49.2 Å². The second-order valence-electron chi connectivity index (χ2n) is 6.46. The number of anilines is 2. The Hall–Kier alpha value is -2.82. The zero-order valence-corrected chi connectivity index (χ0v) is 16.2. The largest absolute Gasteiger partial charge is 0.497 e. The van der Waals surface area contributed by atoms with Crippen molar-refractivity contribution in [1.29, 1.82) is 0 Å². The molecule has 0 saturated heterocycles. The predicted octanol–water partition coefficient (Wildman–Crippen LogP) is 5.10. The zero-order chi connectivity index (χ0) is 19.6. The summed E-state index contributed by atoms with van der Waals surface area (Å²) in [6.45, 7) is 4.13. The van der Waals surface area contributed by atoms with Gasteiger partial charge in [0.2, 0.25) is 5.91 Å². The smallest absolute Gasteiger partial charge is 0.257 e. The minimum absolute atomic E-state index is 0.0318. The highest BCUT2D eigenvalue weighted by molar-refractivity contribution is 6.10. The first kappa shape index (κ1) is 20.5. The van der Waals surface area contributed by atoms with Crippen molar-refractivity contribution in [2.75, 3.05) is 17.7 Å². The summed E-state index contributed by atoms with van der Waals surface area (Å²) in [6, 6.07) is 14.2. The van der Waals surface area contributed by atoms with Crippen LogP contribution in [0.4, 0.5) is 11.4 Å². The molecule has 2 amide bonds. The van der Waals surface area contributed by atoms with Crippen LogP contribution >= 0.6 is 0 Å². The zero-order valence-electron chi connectivity index (χ0n) is 16.2. The van der Waals surface area contributed by atoms with Crippen molar-refractivity contribution in [3.63, 3.8) is 0 Å². The molecule has 2 N–H and O–H groups in total. The molecular weight excluding hydrogens is 340 g/mol. The maximum absolute atomic E-state index is 12.7. The van der Waals surface area contributed by atoms with E-state index in [4.69, 9.17) is 4.74 Å². The van der Waals surface area contributed by atoms with Gasteiger partial charge in [0.25, 0.3) is 5.91 Å². The number of hydrogen-bond donors (Lipinski definition) is 2. The maximum Gasteiger partial charge on any atom is 0.257 e. The van der Waals surface area contributed by atoms with E-state index in [0.717, 1.165) is 31.4 Å². The molecule has 0 fully saturated rings. The molecule has 5 heteroatoms. The number of unbranched alkanes of at least 4 members (excludes halogenated alkanes) is 1. The van der Waals surface area contributed by atoms with Crippen molar-refractivity contribution in [2.45, 2.75) is 39.5 Å². The van der Waals surface area contributed by atoms with Gasteiger partial charge >= 0.3 is 0 Å². The Balaban J connectivity index is 2.11. The summed E-state index contributed by atoms with van der Waals surface area (Å²) in [7, 11) is 1.59. The summed E-state index contributed by atoms with van der Waals surface area (Å²) in [4.78, 5) is 25.3. The lowest BCUT2D eigenvalue weighted by Crippen LogP contribution is -2.24. The van der Waals surface area contributed by atoms with Crippen molar-refractivity contribution in [3.05, 3.63) is 54.1 Å². The SMILES string of the molecule is CCCC[C@H](CC)C(=O)Nc1ccccc1C(=O)Nc1ccc(OC)cc1. The minimum atomic E-state index is -0.266. The molecule has 1 atom stereocenters. The third kappa shape index (κ3) is 5.84. The lowest BCUT2D eigenvalue weighted by Gasteiger charge is -2.16. The number of rotatable bonds is 9. The van der Waals surface area contributed by atoms with E-state index in [9.17, 15) is 9.59 Å². The fourth-order valence-electron chi connectivity index (χ4n) is 2.87. The number of carbonyl (C=O) groups is 2. The van der Waals surface area contributed by atoms with Gasteiger partial charge in [0, 0.05) is 11.6 Å². The molecule has 2 aromatic rings. The van der Waals surface area contributed by atoms with Crippen LogP contribution in [0.25, 0.3) is 0 Å². The highest BCUT2D eigenvalue weighted by Crippen LogP contribution is 2.21. The van der Waals surface area contributed by atoms with Crippen LogP contribution in [0.3, 0.4) is 0 Å². The fraction of sp³-hybridized carbons (Fsp3) is 0.364. The number of amides is 2. The molecule has 27 heavy (non-hydrogen) atoms. The predicted molar refractivity (Wildman–Crippen MR) is 109 cm³/mol. The summed E-state index contributed by atoms with van der Waals surface area (Å²) < 4.78 is 5.12. The van der Waals surface area contributed by atoms with Crippen LogP contribution in [0.5, 0.6) is 5.75 Å². The highest BCUT2D eigenvalue weighted by atomic mass is 16.5. The molecule has 0 unspecified atom stereocenters. The molecule has 2 aromatic carbocycles. The third-order valence-electron chi connectivity index (χ3n) is 4.55. The van der Waals surface area contributed by atoms with E-state index in [0.29, 0.717) is 16.9 Å². The van der Waals surface area contributed by atoms with Crippen LogP contribution in [-0.2, 0) is 4.79 Å². The Kier molecular flexibility index (Phi) is 7.86. The Morgan fingerprint density at radius 1 is 1.00 bits per heavy atom. The second-order valence-corrected chi connectivity index (χ2v) is 6.46. The van der Waals surface area contributed by atoms with Gasteiger partial charge in [-0.15, -0.1) is 0 Å². The third-order valence-corrected chi connectivity index (χ3v) is 4.55. The van der Waals surface area contributed by atoms with Crippen LogP contribution in [0.1, 0.15) is 49.9 Å². The number of ether oxygens (including phenoxy) is 1. The van der Waals surface area contributed by atoms with Crippen molar-refractivity contribution < 1.29 is 14.3 Å². The molecule has 0 aliphatic rings. The maximum atomic E-state index is 12.7. The van der Waals surface area contributed by atoms with E-state index in [1.165, 1.54) is 0 Å². The average Bonchev–Trinajstić information content (AvgIpc) is 2.69. The van der Waals surface area contributed by atoms with Gasteiger partial charge in [0.1, 0.15) is 5.75 Å². The molecule has 0 aliphatic heterocycles. The Morgan fingerprint density at radius 2 is 1.70 bits per heavy atom. The molecule has 0 aromatic heterocycles. The molecule has 0 spiro atoms. The van der Waals surface area contributed by atoms with Gasteiger partial charge in [-0.3, -0.25) is 9.59 Å². The van der Waals surface area contributed by atoms with Gasteiger partial charge in [0.15, 0.2) is 0 Å². The van der Waals surface area contributed by atoms with Crippen molar-refractivity contribution >= 4 is 23.2 Å². The van der Waals surface area contributed by atoms with E-state index in [1.54, 1.807) is 49.6 Å². The summed E-state index contributed by atoms with van der Waals surface area (Å²) in [5.41, 5.74) is 1.63. The lowest BCUT2D eigenvalue weighted by atomic mass is 9.98. The molecule has 0 saturated carbocycles. The van der Waals surface area contributed by atoms with Crippen molar-refractivity contribution in [2.24, 2.45) is 5.92 Å². The van der Waals surface area contributed by atoms with Crippen molar-refractivity contribution in [1.82, 2.24) is 0 Å². The normalized spacial score (nSPS) is 11.5. The molecule has 0 heterocycles. The van der Waals surface area contributed by atoms with Crippen molar-refractivity contribution in [3.8, 4) is 5.75 Å². The molecule has 144 valence electrons. The number of methoxy groups -OCH3 is 1. The molecule has 5 nitrogen and oxygen atoms in total. The number of carbonyl (C=O) groups excluding carboxylic acids is 2. The summed E-state index contributed by atoms with van der Waals surface area (Å²) in [6.07, 6.45) is 3.72. The first-order valence-electron chi connectivity index (χ1n) is 9.44. The Morgan fingerprint density at radius 3 is 2.33 bits per heavy atom. The van der Waals surface area contributed by atoms with Crippen LogP contribution in [-0.4, -0.2) is 18.9 Å². The van der Waals surface area contributed by atoms with E-state index in [1.807, 2.05) is 13.0 Å². The second kappa shape index (κ2) is 10.4. The van der Waals surface area contributed by atoms with E-state index in [-0.39, 0.29) is 17.7 Å². The summed E-state index contributed by atoms with van der Waals surface area (Å²) in [5.74, 6) is 0.384. The average molecular weight is 368 g/mol. The minimum Gasteiger partial charge on any atom is -0.497 e. The van der Waals surface area contributed by atoms with Gasteiger partial charge in [-0.2, -0.15) is 0 Å². The van der Waals surface area contributed by atoms with Gasteiger partial charge in [-0.1, -0.05) is 38.8 Å². The van der Waals surface area contributed by atoms with Crippen LogP contribution in [0.2, 0.25) is 0 Å². The summed E-state index contributed by atoms with van der Waals surface area (Å²) >= 11 is 0. The number of para-hydroxylation sites is 1. The lowest BCUT2D eigenvalue weighted by molar-refractivity contribution is -0.120. The Bertz CT molecular complexity index is 756. The molecule has 0 radical (unpaired) electrons. The van der Waals surface area contributed by atoms with Crippen LogP contribution < -0.4 is 15.4 Å². The van der Waals surface area contributed by atoms with E-state index >= 15 is 0 Å². The number of nitrogens with one attached hydrogen (secondary N) is 2. The molecule has 0 bridgehead atoms. The summed E-state index contributed by atoms with van der Waals surface area (Å²) in [5, 5.41) is 5.79. The number of hydrogen-bond acceptors (Lipinski definition) is 3.